The fourth-order valence-electron chi connectivity index (χ4n) is 17.6. The highest BCUT2D eigenvalue weighted by molar-refractivity contribution is 7.13. The summed E-state index contributed by atoms with van der Waals surface area (Å²) in [5, 5.41) is 24.5. The molecule has 0 fully saturated rings. The van der Waals surface area contributed by atoms with Crippen molar-refractivity contribution < 1.29 is 8.83 Å². The van der Waals surface area contributed by atoms with Crippen molar-refractivity contribution >= 4 is 87.2 Å². The van der Waals surface area contributed by atoms with E-state index in [4.69, 9.17) is 8.83 Å². The SMILES string of the molecule is Cc1c(C)c(C)c2c(C)n(C)c(C)c2c1C.Cc1c(C)c(C)c2c(C)n(C)c(C)c2c1C.Cc1c(C)c(C)c2c(C)n(C)nc2c1C.Cc1c(C)c(C)c2c(C)oc(C)c2c1C.Cc1c(C)c(C)c2c(C)sc(C)c2c1C.Cc1c(C)c(C)c2c(c(C)nn2C)c1C.Cc1oc2c(C)c(C)c(C)c(C)c2c1C. The van der Waals surface area contributed by atoms with Crippen LogP contribution in [0.4, 0.5) is 0 Å². The first-order valence-electron chi connectivity index (χ1n) is 38.7. The second-order valence-corrected chi connectivity index (χ2v) is 33.7. The molecule has 7 heterocycles. The van der Waals surface area contributed by atoms with Gasteiger partial charge in [0.25, 0.3) is 0 Å². The third-order valence-electron chi connectivity index (χ3n) is 27.4. The van der Waals surface area contributed by atoms with Gasteiger partial charge in [0.15, 0.2) is 0 Å². The van der Waals surface area contributed by atoms with Crippen LogP contribution in [-0.4, -0.2) is 28.7 Å². The van der Waals surface area contributed by atoms with Crippen LogP contribution >= 0.6 is 11.3 Å². The minimum Gasteiger partial charge on any atom is -0.465 e. The largest absolute Gasteiger partial charge is 0.465 e. The lowest BCUT2D eigenvalue weighted by atomic mass is 9.92. The molecule has 0 radical (unpaired) electrons. The monoisotopic (exact) mass is 1460 g/mol. The summed E-state index contributed by atoms with van der Waals surface area (Å²) in [6, 6.07) is 0. The maximum atomic E-state index is 5.85. The molecule has 14 aromatic rings. The van der Waals surface area contributed by atoms with Gasteiger partial charge in [-0.25, -0.2) is 0 Å². The van der Waals surface area contributed by atoms with E-state index in [0.29, 0.717) is 0 Å². The van der Waals surface area contributed by atoms with Gasteiger partial charge in [-0.3, -0.25) is 9.36 Å². The summed E-state index contributed by atoms with van der Waals surface area (Å²) >= 11 is 1.93. The molecule has 7 aromatic carbocycles. The predicted molar refractivity (Wildman–Crippen MR) is 471 cm³/mol. The Labute approximate surface area is 648 Å². The summed E-state index contributed by atoms with van der Waals surface area (Å²) in [7, 11) is 8.36. The maximum Gasteiger partial charge on any atom is 0.137 e. The van der Waals surface area contributed by atoms with Gasteiger partial charge in [0, 0.05) is 115 Å². The first kappa shape index (κ1) is 84.2. The lowest BCUT2D eigenvalue weighted by Gasteiger charge is -2.12. The van der Waals surface area contributed by atoms with Crippen LogP contribution in [0.1, 0.15) is 223 Å². The zero-order chi connectivity index (χ0) is 81.0. The summed E-state index contributed by atoms with van der Waals surface area (Å²) in [5.74, 6) is 3.14. The number of aromatic nitrogens is 6. The van der Waals surface area contributed by atoms with E-state index in [0.717, 1.165) is 34.1 Å². The number of benzene rings is 7. The van der Waals surface area contributed by atoms with Gasteiger partial charge in [-0.2, -0.15) is 10.2 Å². The van der Waals surface area contributed by atoms with Crippen LogP contribution in [0.2, 0.25) is 0 Å². The van der Waals surface area contributed by atoms with E-state index in [2.05, 4.69) is 303 Å². The molecule has 8 nitrogen and oxygen atoms in total. The van der Waals surface area contributed by atoms with E-state index in [-0.39, 0.29) is 0 Å². The molecular formula is C98H132N6O2S. The number of furan rings is 2. The number of hydrogen-bond acceptors (Lipinski definition) is 5. The van der Waals surface area contributed by atoms with Crippen molar-refractivity contribution in [2.24, 2.45) is 28.2 Å². The van der Waals surface area contributed by atoms with Crippen molar-refractivity contribution in [1.29, 1.82) is 0 Å². The van der Waals surface area contributed by atoms with Crippen LogP contribution in [0.25, 0.3) is 75.9 Å². The smallest absolute Gasteiger partial charge is 0.137 e. The molecule has 0 unspecified atom stereocenters. The lowest BCUT2D eigenvalue weighted by Crippen LogP contribution is -1.97. The molecule has 0 amide bonds. The van der Waals surface area contributed by atoms with Gasteiger partial charge in [0.2, 0.25) is 0 Å². The highest BCUT2D eigenvalue weighted by atomic mass is 32.1. The van der Waals surface area contributed by atoms with Gasteiger partial charge < -0.3 is 18.0 Å². The molecular weight excluding hydrogens is 1330 g/mol. The summed E-state index contributed by atoms with van der Waals surface area (Å²) < 4.78 is 20.2. The average Bonchev–Trinajstić information content (AvgIpc) is 1.42. The first-order chi connectivity index (χ1) is 49.5. The number of nitrogens with zero attached hydrogens (tertiary/aromatic N) is 6. The number of rotatable bonds is 0. The van der Waals surface area contributed by atoms with Crippen LogP contribution in [0.5, 0.6) is 0 Å². The van der Waals surface area contributed by atoms with Crippen molar-refractivity contribution in [3.05, 3.63) is 223 Å². The number of fused-ring (bicyclic) bond motifs is 7. The van der Waals surface area contributed by atoms with Gasteiger partial charge in [0.1, 0.15) is 22.9 Å². The van der Waals surface area contributed by atoms with E-state index in [1.165, 1.54) is 264 Å². The van der Waals surface area contributed by atoms with Crippen molar-refractivity contribution in [3.8, 4) is 0 Å². The topological polar surface area (TPSA) is 71.8 Å². The Morgan fingerprint density at radius 2 is 0.477 bits per heavy atom. The lowest BCUT2D eigenvalue weighted by molar-refractivity contribution is 0.510. The van der Waals surface area contributed by atoms with Crippen molar-refractivity contribution in [2.75, 3.05) is 0 Å². The molecule has 107 heavy (non-hydrogen) atoms. The van der Waals surface area contributed by atoms with Gasteiger partial charge in [-0.1, -0.05) is 0 Å². The van der Waals surface area contributed by atoms with Crippen molar-refractivity contribution in [3.63, 3.8) is 0 Å². The minimum atomic E-state index is 1.04. The Hall–Kier alpha value is -8.40. The summed E-state index contributed by atoms with van der Waals surface area (Å²) in [4.78, 5) is 2.93. The number of thiophene rings is 1. The number of aryl methyl sites for hydroxylation is 28. The van der Waals surface area contributed by atoms with Crippen LogP contribution in [-0.2, 0) is 28.2 Å². The second kappa shape index (κ2) is 31.3. The Bertz CT molecular complexity index is 5200. The van der Waals surface area contributed by atoms with Crippen molar-refractivity contribution in [2.45, 2.75) is 277 Å². The van der Waals surface area contributed by atoms with Crippen LogP contribution in [0.15, 0.2) is 8.83 Å². The van der Waals surface area contributed by atoms with Gasteiger partial charge in [0.05, 0.1) is 16.7 Å². The van der Waals surface area contributed by atoms with Crippen LogP contribution in [0.3, 0.4) is 0 Å². The van der Waals surface area contributed by atoms with E-state index in [9.17, 15) is 0 Å². The maximum absolute atomic E-state index is 5.85. The molecule has 0 N–H and O–H groups in total. The summed E-state index contributed by atoms with van der Waals surface area (Å²) in [5.41, 5.74) is 52.0. The molecule has 9 heteroatoms. The molecule has 572 valence electrons. The summed E-state index contributed by atoms with van der Waals surface area (Å²) in [6.07, 6.45) is 0. The summed E-state index contributed by atoms with van der Waals surface area (Å²) in [6.45, 7) is 87.7. The fourth-order valence-corrected chi connectivity index (χ4v) is 18.8. The Morgan fingerprint density at radius 1 is 0.206 bits per heavy atom. The normalized spacial score (nSPS) is 11.4. The molecule has 0 bridgehead atoms. The highest BCUT2D eigenvalue weighted by Crippen LogP contribution is 2.42. The molecule has 0 saturated carbocycles. The van der Waals surface area contributed by atoms with E-state index >= 15 is 0 Å². The molecule has 0 aliphatic rings. The Kier molecular flexibility index (Phi) is 24.6. The van der Waals surface area contributed by atoms with Crippen LogP contribution in [0, 0.1) is 277 Å². The quantitative estimate of drug-likeness (QED) is 0.152. The highest BCUT2D eigenvalue weighted by Gasteiger charge is 2.23. The second-order valence-electron chi connectivity index (χ2n) is 32.2. The molecule has 14 rings (SSSR count). The molecule has 0 aliphatic heterocycles. The fraction of sp³-hybridized carbons (Fsp3) is 0.449. The molecule has 7 aromatic heterocycles. The van der Waals surface area contributed by atoms with Crippen molar-refractivity contribution in [1.82, 2.24) is 28.7 Å². The third-order valence-corrected chi connectivity index (χ3v) is 28.4. The number of hydrogen-bond donors (Lipinski definition) is 0. The first-order valence-corrected chi connectivity index (χ1v) is 39.5. The molecule has 0 saturated heterocycles. The van der Waals surface area contributed by atoms with Gasteiger partial charge in [-0.05, 0) is 449 Å². The predicted octanol–water partition coefficient (Wildman–Crippen LogP) is 27.6. The zero-order valence-electron chi connectivity index (χ0n) is 74.9. The average molecular weight is 1460 g/mol. The Morgan fingerprint density at radius 3 is 0.822 bits per heavy atom. The van der Waals surface area contributed by atoms with E-state index in [1.807, 2.05) is 41.7 Å². The Balaban J connectivity index is 0.000000157. The van der Waals surface area contributed by atoms with E-state index in [1.54, 1.807) is 0 Å². The van der Waals surface area contributed by atoms with E-state index < -0.39 is 0 Å². The zero-order valence-corrected chi connectivity index (χ0v) is 75.7. The van der Waals surface area contributed by atoms with Gasteiger partial charge in [-0.15, -0.1) is 11.3 Å². The van der Waals surface area contributed by atoms with Gasteiger partial charge >= 0.3 is 0 Å². The standard InChI is InChI=1S/2C15H21N.2C14H18O.C14H18S.2C13H18N2/c2*1-8-9(2)11(4)15-13(6)16(7)12(5)14(15)10(8)3;1-7-8(2)10(4)14-12(6)15-11(5)13(14)9(7)3;1-7-8(2)10(4)14-13(9(7)3)11(5)12(6)15-14;1-7-8(2)10(4)14-12(6)15-11(5)13(14)9(7)3;1-7-8(2)10(4)13-12(9(7)3)11(5)15(6)14-13;1-7-8(2)10(4)13-12(9(7)3)11(5)14-15(13)6/h2*1-7H3;5*1-6H3. The third kappa shape index (κ3) is 14.1. The molecule has 0 atom stereocenters. The molecule has 0 spiro atoms. The molecule has 0 aliphatic carbocycles. The minimum absolute atomic E-state index is 1.04. The van der Waals surface area contributed by atoms with Crippen LogP contribution < -0.4 is 0 Å².